The minimum atomic E-state index is -0.890. The van der Waals surface area contributed by atoms with E-state index in [1.807, 2.05) is 0 Å². The summed E-state index contributed by atoms with van der Waals surface area (Å²) in [5, 5.41) is 18.2. The maximum Gasteiger partial charge on any atom is 0.302 e. The summed E-state index contributed by atoms with van der Waals surface area (Å²) in [4.78, 5) is 15.5. The van der Waals surface area contributed by atoms with Crippen LogP contribution in [0, 0.1) is 52.3 Å². The molecule has 5 nitrogen and oxygen atoms in total. The third-order valence-corrected chi connectivity index (χ3v) is 14.6. The van der Waals surface area contributed by atoms with Crippen molar-refractivity contribution >= 4 is 16.9 Å². The first-order chi connectivity index (χ1) is 21.4. The first-order valence-electron chi connectivity index (χ1n) is 18.6. The fourth-order valence-corrected chi connectivity index (χ4v) is 11.6. The minimum Gasteiger partial charge on any atom is -0.462 e. The SMILES string of the molecule is CC(=O)O[C@H]1CC[C@]2(C)[C@H]3CC[C@]4(C)[C@@H]([C@H](C)CC[C@@H](C)C(C)C)CC[C@H]4[C@@H]3C[C@@H](NCCc3c[nH]c4ccccc34)[C@@]2(O)C1. The van der Waals surface area contributed by atoms with Crippen molar-refractivity contribution in [2.75, 3.05) is 6.54 Å². The number of hydrogen-bond donors (Lipinski definition) is 3. The molecule has 1 heterocycles. The highest BCUT2D eigenvalue weighted by Gasteiger charge is 2.67. The topological polar surface area (TPSA) is 74.3 Å². The molecule has 45 heavy (non-hydrogen) atoms. The molecule has 0 aliphatic heterocycles. The van der Waals surface area contributed by atoms with E-state index < -0.39 is 5.60 Å². The normalized spacial score (nSPS) is 39.2. The van der Waals surface area contributed by atoms with Gasteiger partial charge in [-0.1, -0.05) is 72.6 Å². The van der Waals surface area contributed by atoms with Crippen LogP contribution in [0.4, 0.5) is 0 Å². The van der Waals surface area contributed by atoms with Gasteiger partial charge in [0.25, 0.3) is 0 Å². The van der Waals surface area contributed by atoms with Crippen LogP contribution in [0.5, 0.6) is 0 Å². The second-order valence-electron chi connectivity index (χ2n) is 17.0. The Labute approximate surface area is 273 Å². The highest BCUT2D eigenvalue weighted by molar-refractivity contribution is 5.83. The largest absolute Gasteiger partial charge is 0.462 e. The lowest BCUT2D eigenvalue weighted by molar-refractivity contribution is -0.237. The van der Waals surface area contributed by atoms with E-state index in [0.29, 0.717) is 23.7 Å². The first-order valence-corrected chi connectivity index (χ1v) is 18.6. The van der Waals surface area contributed by atoms with Crippen molar-refractivity contribution in [1.29, 1.82) is 0 Å². The van der Waals surface area contributed by atoms with Crippen LogP contribution in [-0.2, 0) is 16.0 Å². The van der Waals surface area contributed by atoms with Crippen LogP contribution in [0.3, 0.4) is 0 Å². The highest BCUT2D eigenvalue weighted by Crippen LogP contribution is 2.69. The van der Waals surface area contributed by atoms with Crippen molar-refractivity contribution in [2.45, 2.75) is 137 Å². The molecule has 1 aromatic heterocycles. The number of aliphatic hydroxyl groups is 1. The zero-order valence-corrected chi connectivity index (χ0v) is 29.3. The van der Waals surface area contributed by atoms with Crippen molar-refractivity contribution in [1.82, 2.24) is 10.3 Å². The van der Waals surface area contributed by atoms with Gasteiger partial charge in [-0.3, -0.25) is 4.79 Å². The van der Waals surface area contributed by atoms with Gasteiger partial charge in [0, 0.05) is 41.9 Å². The summed E-state index contributed by atoms with van der Waals surface area (Å²) < 4.78 is 5.80. The Balaban J connectivity index is 1.24. The molecule has 0 amide bonds. The minimum absolute atomic E-state index is 0.00182. The number of carbonyl (C=O) groups excluding carboxylic acids is 1. The van der Waals surface area contributed by atoms with E-state index in [9.17, 15) is 9.90 Å². The van der Waals surface area contributed by atoms with Crippen LogP contribution < -0.4 is 5.32 Å². The van der Waals surface area contributed by atoms with Gasteiger partial charge in [0.05, 0.1) is 5.60 Å². The molecule has 11 atom stereocenters. The van der Waals surface area contributed by atoms with Crippen molar-refractivity contribution in [3.63, 3.8) is 0 Å². The number of hydrogen-bond acceptors (Lipinski definition) is 4. The standard InChI is InChI=1S/C40H62N2O3/c1-25(2)26(3)12-13-27(4)33-14-15-34-32-22-37(41-21-18-29-24-42-36-11-9-8-10-31(29)36)40(44)23-30(45-28(5)43)16-20-39(40,7)35(32)17-19-38(33,34)6/h8-11,24-27,30,32-35,37,41-42,44H,12-23H2,1-7H3/t26-,27-,30+,32+,33-,34+,35+,37-,38-,39-,40+/m1/s1. The lowest BCUT2D eigenvalue weighted by atomic mass is 9.42. The fourth-order valence-electron chi connectivity index (χ4n) is 11.6. The molecule has 6 rings (SSSR count). The molecule has 5 heteroatoms. The lowest BCUT2D eigenvalue weighted by Gasteiger charge is -2.66. The molecule has 4 saturated carbocycles. The second-order valence-corrected chi connectivity index (χ2v) is 17.0. The van der Waals surface area contributed by atoms with Crippen molar-refractivity contribution in [3.8, 4) is 0 Å². The summed E-state index contributed by atoms with van der Waals surface area (Å²) in [7, 11) is 0. The molecule has 0 saturated heterocycles. The van der Waals surface area contributed by atoms with Crippen molar-refractivity contribution in [2.24, 2.45) is 52.3 Å². The quantitative estimate of drug-likeness (QED) is 0.233. The molecule has 0 unspecified atom stereocenters. The number of rotatable bonds is 10. The number of esters is 1. The zero-order chi connectivity index (χ0) is 32.1. The number of fused-ring (bicyclic) bond motifs is 6. The molecule has 0 bridgehead atoms. The van der Waals surface area contributed by atoms with Crippen molar-refractivity contribution in [3.05, 3.63) is 36.0 Å². The third-order valence-electron chi connectivity index (χ3n) is 14.6. The predicted octanol–water partition coefficient (Wildman–Crippen LogP) is 8.69. The summed E-state index contributed by atoms with van der Waals surface area (Å²) in [6.45, 7) is 17.2. The monoisotopic (exact) mass is 618 g/mol. The van der Waals surface area contributed by atoms with E-state index in [1.54, 1.807) is 0 Å². The fraction of sp³-hybridized carbons (Fsp3) is 0.775. The summed E-state index contributed by atoms with van der Waals surface area (Å²) >= 11 is 0. The molecule has 2 aromatic rings. The van der Waals surface area contributed by atoms with E-state index in [4.69, 9.17) is 4.74 Å². The third kappa shape index (κ3) is 5.81. The lowest BCUT2D eigenvalue weighted by Crippen LogP contribution is -2.71. The molecule has 4 aliphatic carbocycles. The van der Waals surface area contributed by atoms with Gasteiger partial charge in [0.15, 0.2) is 0 Å². The van der Waals surface area contributed by atoms with Crippen LogP contribution in [0.15, 0.2) is 30.5 Å². The number of aromatic amines is 1. The zero-order valence-electron chi connectivity index (χ0n) is 29.3. The number of benzene rings is 1. The number of carbonyl (C=O) groups is 1. The number of para-hydroxylation sites is 1. The smallest absolute Gasteiger partial charge is 0.302 e. The number of H-pyrrole nitrogens is 1. The summed E-state index contributed by atoms with van der Waals surface area (Å²) in [6, 6.07) is 8.53. The predicted molar refractivity (Wildman–Crippen MR) is 184 cm³/mol. The van der Waals surface area contributed by atoms with Gasteiger partial charge in [-0.15, -0.1) is 0 Å². The van der Waals surface area contributed by atoms with E-state index in [0.717, 1.165) is 61.8 Å². The van der Waals surface area contributed by atoms with Crippen LogP contribution >= 0.6 is 0 Å². The maximum absolute atomic E-state index is 12.9. The van der Waals surface area contributed by atoms with Gasteiger partial charge in [-0.05, 0) is 116 Å². The first kappa shape index (κ1) is 33.1. The van der Waals surface area contributed by atoms with E-state index in [2.05, 4.69) is 82.3 Å². The second kappa shape index (κ2) is 12.6. The average molecular weight is 619 g/mol. The molecule has 3 N–H and O–H groups in total. The molecule has 4 fully saturated rings. The summed E-state index contributed by atoms with van der Waals surface area (Å²) in [5.41, 5.74) is 1.84. The Bertz CT molecular complexity index is 1340. The number of nitrogens with one attached hydrogen (secondary N) is 2. The Morgan fingerprint density at radius 2 is 1.82 bits per heavy atom. The molecular formula is C40H62N2O3. The van der Waals surface area contributed by atoms with Crippen LogP contribution in [0.25, 0.3) is 10.9 Å². The Hall–Kier alpha value is -1.85. The summed E-state index contributed by atoms with van der Waals surface area (Å²) in [5.74, 6) is 4.81. The molecule has 4 aliphatic rings. The van der Waals surface area contributed by atoms with Crippen LogP contribution in [0.2, 0.25) is 0 Å². The average Bonchev–Trinajstić information content (AvgIpc) is 3.57. The molecular weight excluding hydrogens is 556 g/mol. The Morgan fingerprint density at radius 1 is 1.04 bits per heavy atom. The molecule has 0 spiro atoms. The Kier molecular flexibility index (Phi) is 9.29. The van der Waals surface area contributed by atoms with E-state index >= 15 is 0 Å². The highest BCUT2D eigenvalue weighted by atomic mass is 16.5. The molecule has 1 aromatic carbocycles. The number of aromatic nitrogens is 1. The van der Waals surface area contributed by atoms with Gasteiger partial charge in [-0.2, -0.15) is 0 Å². The van der Waals surface area contributed by atoms with Crippen LogP contribution in [0.1, 0.15) is 118 Å². The number of ether oxygens (including phenoxy) is 1. The van der Waals surface area contributed by atoms with Crippen molar-refractivity contribution < 1.29 is 14.6 Å². The van der Waals surface area contributed by atoms with Crippen LogP contribution in [-0.4, -0.2) is 40.4 Å². The molecule has 0 radical (unpaired) electrons. The maximum atomic E-state index is 12.9. The van der Waals surface area contributed by atoms with E-state index in [-0.39, 0.29) is 23.5 Å². The van der Waals surface area contributed by atoms with E-state index in [1.165, 1.54) is 61.9 Å². The van der Waals surface area contributed by atoms with Gasteiger partial charge < -0.3 is 20.1 Å². The molecule has 250 valence electrons. The van der Waals surface area contributed by atoms with Gasteiger partial charge >= 0.3 is 5.97 Å². The van der Waals surface area contributed by atoms with Gasteiger partial charge in [0.2, 0.25) is 0 Å². The summed E-state index contributed by atoms with van der Waals surface area (Å²) in [6.07, 6.45) is 14.2. The van der Waals surface area contributed by atoms with Gasteiger partial charge in [-0.25, -0.2) is 0 Å². The van der Waals surface area contributed by atoms with Gasteiger partial charge in [0.1, 0.15) is 6.10 Å². The Morgan fingerprint density at radius 3 is 2.58 bits per heavy atom.